The molecule has 0 atom stereocenters. The van der Waals surface area contributed by atoms with Crippen molar-refractivity contribution in [3.05, 3.63) is 48.0 Å². The van der Waals surface area contributed by atoms with E-state index < -0.39 is 22.5 Å². The van der Waals surface area contributed by atoms with Crippen LogP contribution in [0.5, 0.6) is 0 Å². The Labute approximate surface area is 147 Å². The van der Waals surface area contributed by atoms with Crippen LogP contribution < -0.4 is 5.48 Å². The van der Waals surface area contributed by atoms with Gasteiger partial charge in [-0.15, -0.1) is 5.48 Å². The molecule has 5 nitrogen and oxygen atoms in total. The van der Waals surface area contributed by atoms with Gasteiger partial charge in [-0.1, -0.05) is 77.3 Å². The largest absolute Gasteiger partial charge is 0.443 e. The molecular formula is C15H12Cl3NO4. The molecule has 122 valence electrons. The number of nitrogens with one attached hydrogen (secondary N) is 1. The summed E-state index contributed by atoms with van der Waals surface area (Å²) in [6, 6.07) is 13.3. The van der Waals surface area contributed by atoms with Gasteiger partial charge in [0.2, 0.25) is 3.79 Å². The summed E-state index contributed by atoms with van der Waals surface area (Å²) in [5.41, 5.74) is 2.58. The number of benzene rings is 2. The zero-order valence-corrected chi connectivity index (χ0v) is 14.0. The van der Waals surface area contributed by atoms with Crippen LogP contribution in [0, 0.1) is 0 Å². The van der Waals surface area contributed by atoms with E-state index in [1.54, 1.807) is 0 Å². The Kier molecular flexibility index (Phi) is 5.93. The predicted molar refractivity (Wildman–Crippen MR) is 88.5 cm³/mol. The monoisotopic (exact) mass is 375 g/mol. The van der Waals surface area contributed by atoms with E-state index in [1.807, 2.05) is 47.9 Å². The molecule has 0 saturated heterocycles. The molecule has 1 N–H and O–H groups in total. The lowest BCUT2D eigenvalue weighted by molar-refractivity contribution is -0.148. The third kappa shape index (κ3) is 6.14. The van der Waals surface area contributed by atoms with Crippen LogP contribution in [0.2, 0.25) is 0 Å². The zero-order valence-electron chi connectivity index (χ0n) is 11.7. The second-order valence-electron chi connectivity index (χ2n) is 4.63. The van der Waals surface area contributed by atoms with Gasteiger partial charge in [-0.25, -0.2) is 9.59 Å². The summed E-state index contributed by atoms with van der Waals surface area (Å²) in [6.45, 7) is -0.467. The maximum Gasteiger partial charge on any atom is 0.440 e. The van der Waals surface area contributed by atoms with Crippen LogP contribution in [-0.2, 0) is 20.8 Å². The number of carbonyl (C=O) groups excluding carboxylic acids is 2. The van der Waals surface area contributed by atoms with Crippen LogP contribution in [-0.4, -0.2) is 22.5 Å². The number of hydrogen-bond acceptors (Lipinski definition) is 4. The Hall–Kier alpha value is -1.69. The quantitative estimate of drug-likeness (QED) is 0.651. The average molecular weight is 377 g/mol. The second kappa shape index (κ2) is 7.73. The Morgan fingerprint density at radius 1 is 1.04 bits per heavy atom. The summed E-state index contributed by atoms with van der Waals surface area (Å²) < 4.78 is 2.81. The molecular weight excluding hydrogens is 365 g/mol. The predicted octanol–water partition coefficient (Wildman–Crippen LogP) is 3.94. The van der Waals surface area contributed by atoms with E-state index in [-0.39, 0.29) is 6.42 Å². The molecule has 0 saturated carbocycles. The molecule has 0 aromatic heterocycles. The molecule has 1 amide bonds. The first kappa shape index (κ1) is 17.7. The van der Waals surface area contributed by atoms with Crippen molar-refractivity contribution in [2.45, 2.75) is 10.2 Å². The fourth-order valence-electron chi connectivity index (χ4n) is 1.83. The highest BCUT2D eigenvalue weighted by atomic mass is 35.6. The lowest BCUT2D eigenvalue weighted by Crippen LogP contribution is -2.30. The molecule has 2 aromatic carbocycles. The number of carbonyl (C=O) groups is 2. The summed E-state index contributed by atoms with van der Waals surface area (Å²) in [6.07, 6.45) is -1.03. The minimum atomic E-state index is -1.73. The van der Waals surface area contributed by atoms with Crippen LogP contribution in [0.15, 0.2) is 42.5 Å². The number of fused-ring (bicyclic) bond motifs is 1. The molecule has 0 heterocycles. The first-order valence-corrected chi connectivity index (χ1v) is 7.64. The maximum atomic E-state index is 11.7. The zero-order chi connectivity index (χ0) is 16.9. The summed E-state index contributed by atoms with van der Waals surface area (Å²) in [7, 11) is 0. The van der Waals surface area contributed by atoms with Gasteiger partial charge in [0.15, 0.2) is 0 Å². The summed E-state index contributed by atoms with van der Waals surface area (Å²) in [5.74, 6) is -0.647. The van der Waals surface area contributed by atoms with Gasteiger partial charge in [0, 0.05) is 0 Å². The van der Waals surface area contributed by atoms with E-state index in [9.17, 15) is 9.59 Å². The van der Waals surface area contributed by atoms with Crippen molar-refractivity contribution >= 4 is 57.6 Å². The molecule has 8 heteroatoms. The molecule has 0 unspecified atom stereocenters. The SMILES string of the molecule is O=C(Cc1ccc2ccccc2c1)ONC(=O)OCC(Cl)(Cl)Cl. The van der Waals surface area contributed by atoms with Crippen molar-refractivity contribution in [1.29, 1.82) is 0 Å². The van der Waals surface area contributed by atoms with Gasteiger partial charge in [-0.3, -0.25) is 0 Å². The highest BCUT2D eigenvalue weighted by molar-refractivity contribution is 6.67. The van der Waals surface area contributed by atoms with E-state index in [2.05, 4.69) is 9.57 Å². The summed E-state index contributed by atoms with van der Waals surface area (Å²) in [5, 5.41) is 2.07. The van der Waals surface area contributed by atoms with Crippen LogP contribution in [0.4, 0.5) is 4.79 Å². The Bertz CT molecular complexity index is 715. The van der Waals surface area contributed by atoms with Crippen molar-refractivity contribution in [2.75, 3.05) is 6.61 Å². The maximum absolute atomic E-state index is 11.7. The van der Waals surface area contributed by atoms with Crippen LogP contribution >= 0.6 is 34.8 Å². The smallest absolute Gasteiger partial charge is 0.440 e. The third-order valence-electron chi connectivity index (χ3n) is 2.78. The van der Waals surface area contributed by atoms with E-state index >= 15 is 0 Å². The standard InChI is InChI=1S/C15H12Cl3NO4/c16-15(17,18)9-22-14(21)19-23-13(20)8-10-5-6-11-3-1-2-4-12(11)7-10/h1-7H,8-9H2,(H,19,21). The van der Waals surface area contributed by atoms with Crippen molar-refractivity contribution in [3.63, 3.8) is 0 Å². The number of amides is 1. The Balaban J connectivity index is 1.83. The molecule has 0 aliphatic carbocycles. The van der Waals surface area contributed by atoms with Crippen molar-refractivity contribution in [1.82, 2.24) is 5.48 Å². The number of halogens is 3. The molecule has 23 heavy (non-hydrogen) atoms. The lowest BCUT2D eigenvalue weighted by Gasteiger charge is -2.11. The van der Waals surface area contributed by atoms with Gasteiger partial charge >= 0.3 is 12.1 Å². The van der Waals surface area contributed by atoms with Crippen molar-refractivity contribution < 1.29 is 19.2 Å². The van der Waals surface area contributed by atoms with Crippen LogP contribution in [0.3, 0.4) is 0 Å². The highest BCUT2D eigenvalue weighted by Gasteiger charge is 2.22. The molecule has 0 fully saturated rings. The Morgan fingerprint density at radius 3 is 2.43 bits per heavy atom. The number of rotatable bonds is 3. The van der Waals surface area contributed by atoms with Gasteiger partial charge < -0.3 is 9.57 Å². The molecule has 0 bridgehead atoms. The molecule has 0 aliphatic heterocycles. The van der Waals surface area contributed by atoms with Gasteiger partial charge in [0.05, 0.1) is 6.42 Å². The molecule has 0 spiro atoms. The van der Waals surface area contributed by atoms with Gasteiger partial charge in [-0.2, -0.15) is 0 Å². The Morgan fingerprint density at radius 2 is 1.74 bits per heavy atom. The van der Waals surface area contributed by atoms with Crippen LogP contribution in [0.1, 0.15) is 5.56 Å². The van der Waals surface area contributed by atoms with E-state index in [0.717, 1.165) is 16.3 Å². The first-order chi connectivity index (χ1) is 10.8. The summed E-state index contributed by atoms with van der Waals surface area (Å²) in [4.78, 5) is 27.5. The number of hydroxylamine groups is 1. The second-order valence-corrected chi connectivity index (χ2v) is 7.14. The summed E-state index contributed by atoms with van der Waals surface area (Å²) >= 11 is 16.2. The van der Waals surface area contributed by atoms with Crippen LogP contribution in [0.25, 0.3) is 10.8 Å². The van der Waals surface area contributed by atoms with Crippen molar-refractivity contribution in [2.24, 2.45) is 0 Å². The molecule has 2 aromatic rings. The third-order valence-corrected chi connectivity index (χ3v) is 3.10. The van der Waals surface area contributed by atoms with E-state index in [1.165, 1.54) is 0 Å². The lowest BCUT2D eigenvalue weighted by atomic mass is 10.1. The van der Waals surface area contributed by atoms with Crippen molar-refractivity contribution in [3.8, 4) is 0 Å². The number of hydrogen-bond donors (Lipinski definition) is 1. The van der Waals surface area contributed by atoms with Gasteiger partial charge in [0.25, 0.3) is 0 Å². The first-order valence-electron chi connectivity index (χ1n) is 6.50. The normalized spacial score (nSPS) is 11.1. The fourth-order valence-corrected chi connectivity index (χ4v) is 1.99. The topological polar surface area (TPSA) is 64.6 Å². The fraction of sp³-hybridized carbons (Fsp3) is 0.200. The number of ether oxygens (including phenoxy) is 1. The van der Waals surface area contributed by atoms with Gasteiger partial charge in [-0.05, 0) is 16.3 Å². The number of alkyl halides is 3. The average Bonchev–Trinajstić information content (AvgIpc) is 2.50. The molecule has 0 radical (unpaired) electrons. The molecule has 0 aliphatic rings. The minimum absolute atomic E-state index is 0.00439. The highest BCUT2D eigenvalue weighted by Crippen LogP contribution is 2.25. The van der Waals surface area contributed by atoms with E-state index in [4.69, 9.17) is 34.8 Å². The molecule has 2 rings (SSSR count). The van der Waals surface area contributed by atoms with E-state index in [0.29, 0.717) is 0 Å². The van der Waals surface area contributed by atoms with Gasteiger partial charge in [0.1, 0.15) is 6.61 Å². The minimum Gasteiger partial charge on any atom is -0.443 e.